The van der Waals surface area contributed by atoms with Crippen LogP contribution in [0.15, 0.2) is 77.7 Å². The lowest BCUT2D eigenvalue weighted by molar-refractivity contribution is -0.160. The molecule has 0 unspecified atom stereocenters. The van der Waals surface area contributed by atoms with E-state index in [0.717, 1.165) is 11.1 Å². The average Bonchev–Trinajstić information content (AvgIpc) is 2.85. The van der Waals surface area contributed by atoms with Crippen molar-refractivity contribution in [2.75, 3.05) is 0 Å². The first kappa shape index (κ1) is 28.6. The van der Waals surface area contributed by atoms with Gasteiger partial charge in [0.15, 0.2) is 0 Å². The van der Waals surface area contributed by atoms with Gasteiger partial charge in [0, 0.05) is 6.54 Å². The molecular weight excluding hydrogens is 486 g/mol. The van der Waals surface area contributed by atoms with Gasteiger partial charge >= 0.3 is 5.97 Å². The van der Waals surface area contributed by atoms with Crippen LogP contribution in [-0.4, -0.2) is 35.9 Å². The fraction of sp³-hybridized carbons (Fsp3) is 0.367. The van der Waals surface area contributed by atoms with Crippen molar-refractivity contribution in [3.63, 3.8) is 0 Å². The van der Waals surface area contributed by atoms with E-state index in [2.05, 4.69) is 0 Å². The second-order valence-corrected chi connectivity index (χ2v) is 11.6. The van der Waals surface area contributed by atoms with E-state index in [1.807, 2.05) is 79.7 Å². The molecule has 3 aromatic rings. The predicted octanol–water partition coefficient (Wildman–Crippen LogP) is 5.49. The smallest absolute Gasteiger partial charge is 0.311 e. The Hall–Kier alpha value is -3.00. The number of aliphatic hydroxyl groups is 1. The van der Waals surface area contributed by atoms with Crippen LogP contribution in [0.2, 0.25) is 0 Å². The van der Waals surface area contributed by atoms with Crippen LogP contribution in [0.1, 0.15) is 54.7 Å². The van der Waals surface area contributed by atoms with Gasteiger partial charge in [0.25, 0.3) is 0 Å². The Morgan fingerprint density at radius 2 is 1.41 bits per heavy atom. The number of hydrogen-bond donors (Lipinski definition) is 1. The van der Waals surface area contributed by atoms with Gasteiger partial charge in [0.05, 0.1) is 23.0 Å². The number of sulfonamides is 1. The molecular formula is C30H37NO5S. The number of aliphatic hydroxyl groups excluding tert-OH is 1. The predicted molar refractivity (Wildman–Crippen MR) is 145 cm³/mol. The molecule has 0 amide bonds. The number of hydrogen-bond acceptors (Lipinski definition) is 5. The quantitative estimate of drug-likeness (QED) is 0.355. The van der Waals surface area contributed by atoms with Crippen LogP contribution in [0, 0.1) is 26.7 Å². The Balaban J connectivity index is 2.15. The number of rotatable bonds is 10. The highest BCUT2D eigenvalue weighted by molar-refractivity contribution is 7.89. The van der Waals surface area contributed by atoms with Crippen molar-refractivity contribution in [2.24, 2.45) is 5.92 Å². The summed E-state index contributed by atoms with van der Waals surface area (Å²) in [7, 11) is -4.01. The van der Waals surface area contributed by atoms with E-state index >= 15 is 0 Å². The summed E-state index contributed by atoms with van der Waals surface area (Å²) in [5.41, 5.74) is 3.81. The lowest BCUT2D eigenvalue weighted by Gasteiger charge is -2.35. The zero-order valence-electron chi connectivity index (χ0n) is 22.4. The van der Waals surface area contributed by atoms with Gasteiger partial charge in [-0.05, 0) is 63.8 Å². The summed E-state index contributed by atoms with van der Waals surface area (Å²) in [6.45, 7) is 10.5. The van der Waals surface area contributed by atoms with Gasteiger partial charge in [0.1, 0.15) is 6.10 Å². The minimum atomic E-state index is -4.01. The van der Waals surface area contributed by atoms with Crippen LogP contribution in [0.3, 0.4) is 0 Å². The second kappa shape index (κ2) is 12.0. The third kappa shape index (κ3) is 6.66. The third-order valence-corrected chi connectivity index (χ3v) is 8.95. The van der Waals surface area contributed by atoms with Crippen molar-refractivity contribution in [2.45, 2.75) is 71.2 Å². The summed E-state index contributed by atoms with van der Waals surface area (Å²) in [6, 6.07) is 21.5. The standard InChI is InChI=1S/C30H37NO5S/c1-20-17-21(2)29(22(3)18-20)37(34,35)31(19-26-13-9-7-10-14-26)24(5)28(27-15-11-8-12-16-27)36-30(33)23(4)25(6)32/h7-18,23-25,28,32H,19H2,1-6H3/t23-,24+,25+,28+/m0/s1. The second-order valence-electron chi connectivity index (χ2n) is 9.80. The summed E-state index contributed by atoms with van der Waals surface area (Å²) < 4.78 is 36.0. The van der Waals surface area contributed by atoms with Crippen LogP contribution in [-0.2, 0) is 26.1 Å². The van der Waals surface area contributed by atoms with E-state index in [0.29, 0.717) is 16.7 Å². The maximum Gasteiger partial charge on any atom is 0.311 e. The first-order valence-corrected chi connectivity index (χ1v) is 13.9. The Bertz CT molecular complexity index is 1280. The van der Waals surface area contributed by atoms with Gasteiger partial charge in [-0.1, -0.05) is 78.4 Å². The van der Waals surface area contributed by atoms with E-state index in [9.17, 15) is 18.3 Å². The summed E-state index contributed by atoms with van der Waals surface area (Å²) in [4.78, 5) is 13.2. The van der Waals surface area contributed by atoms with Gasteiger partial charge in [-0.25, -0.2) is 8.42 Å². The number of esters is 1. The SMILES string of the molecule is Cc1cc(C)c(S(=O)(=O)N(Cc2ccccc2)[C@H](C)[C@@H](OC(=O)[C@@H](C)[C@@H](C)O)c2ccccc2)c(C)c1. The highest BCUT2D eigenvalue weighted by Crippen LogP contribution is 2.34. The van der Waals surface area contributed by atoms with Gasteiger partial charge in [-0.2, -0.15) is 4.31 Å². The molecule has 6 nitrogen and oxygen atoms in total. The molecule has 0 saturated heterocycles. The molecule has 198 valence electrons. The maximum absolute atomic E-state index is 14.3. The molecule has 0 saturated carbocycles. The zero-order valence-corrected chi connectivity index (χ0v) is 23.2. The Kier molecular flexibility index (Phi) is 9.29. The first-order valence-electron chi connectivity index (χ1n) is 12.5. The van der Waals surface area contributed by atoms with Crippen molar-refractivity contribution < 1.29 is 23.1 Å². The number of nitrogens with zero attached hydrogens (tertiary/aromatic N) is 1. The van der Waals surface area contributed by atoms with Crippen molar-refractivity contribution in [3.8, 4) is 0 Å². The molecule has 7 heteroatoms. The van der Waals surface area contributed by atoms with Crippen molar-refractivity contribution in [1.29, 1.82) is 0 Å². The Morgan fingerprint density at radius 1 is 0.892 bits per heavy atom. The largest absolute Gasteiger partial charge is 0.455 e. The molecule has 0 radical (unpaired) electrons. The molecule has 4 atom stereocenters. The lowest BCUT2D eigenvalue weighted by Crippen LogP contribution is -2.43. The molecule has 0 fully saturated rings. The molecule has 0 spiro atoms. The van der Waals surface area contributed by atoms with Gasteiger partial charge in [-0.3, -0.25) is 4.79 Å². The summed E-state index contributed by atoms with van der Waals surface area (Å²) in [6.07, 6.45) is -1.79. The molecule has 0 aliphatic carbocycles. The number of carbonyl (C=O) groups is 1. The molecule has 0 aromatic heterocycles. The molecule has 3 rings (SSSR count). The molecule has 0 bridgehead atoms. The van der Waals surface area contributed by atoms with Crippen LogP contribution in [0.5, 0.6) is 0 Å². The van der Waals surface area contributed by atoms with Crippen LogP contribution >= 0.6 is 0 Å². The van der Waals surface area contributed by atoms with E-state index < -0.39 is 40.2 Å². The molecule has 0 aliphatic rings. The van der Waals surface area contributed by atoms with Gasteiger partial charge in [0.2, 0.25) is 10.0 Å². The molecule has 1 N–H and O–H groups in total. The number of benzene rings is 3. The highest BCUT2D eigenvalue weighted by Gasteiger charge is 2.38. The van der Waals surface area contributed by atoms with Crippen LogP contribution in [0.25, 0.3) is 0 Å². The summed E-state index contributed by atoms with van der Waals surface area (Å²) in [5.74, 6) is -1.35. The topological polar surface area (TPSA) is 83.9 Å². The monoisotopic (exact) mass is 523 g/mol. The van der Waals surface area contributed by atoms with Crippen LogP contribution in [0.4, 0.5) is 0 Å². The van der Waals surface area contributed by atoms with Crippen molar-refractivity contribution in [3.05, 3.63) is 101 Å². The zero-order chi connectivity index (χ0) is 27.3. The molecule has 37 heavy (non-hydrogen) atoms. The Labute approximate surface area is 221 Å². The highest BCUT2D eigenvalue weighted by atomic mass is 32.2. The average molecular weight is 524 g/mol. The van der Waals surface area contributed by atoms with Gasteiger partial charge < -0.3 is 9.84 Å². The maximum atomic E-state index is 14.3. The molecule has 0 heterocycles. The van der Waals surface area contributed by atoms with E-state index in [1.54, 1.807) is 27.7 Å². The Morgan fingerprint density at radius 3 is 1.92 bits per heavy atom. The summed E-state index contributed by atoms with van der Waals surface area (Å²) in [5, 5.41) is 9.97. The normalized spacial score (nSPS) is 15.1. The lowest BCUT2D eigenvalue weighted by atomic mass is 10.0. The number of aryl methyl sites for hydroxylation is 3. The minimum Gasteiger partial charge on any atom is -0.455 e. The van der Waals surface area contributed by atoms with Crippen molar-refractivity contribution >= 4 is 16.0 Å². The van der Waals surface area contributed by atoms with E-state index in [-0.39, 0.29) is 11.4 Å². The minimum absolute atomic E-state index is 0.101. The van der Waals surface area contributed by atoms with Crippen molar-refractivity contribution in [1.82, 2.24) is 4.31 Å². The third-order valence-electron chi connectivity index (χ3n) is 6.71. The number of carbonyl (C=O) groups excluding carboxylic acids is 1. The van der Waals surface area contributed by atoms with Gasteiger partial charge in [-0.15, -0.1) is 0 Å². The van der Waals surface area contributed by atoms with E-state index in [1.165, 1.54) is 11.2 Å². The molecule has 3 aromatic carbocycles. The fourth-order valence-corrected chi connectivity index (χ4v) is 6.60. The van der Waals surface area contributed by atoms with E-state index in [4.69, 9.17) is 4.74 Å². The fourth-order valence-electron chi connectivity index (χ4n) is 4.57. The first-order chi connectivity index (χ1) is 17.4. The number of ether oxygens (including phenoxy) is 1. The van der Waals surface area contributed by atoms with Crippen LogP contribution < -0.4 is 0 Å². The summed E-state index contributed by atoms with van der Waals surface area (Å²) >= 11 is 0. The molecule has 0 aliphatic heterocycles.